The number of nitrogens with one attached hydrogen (secondary N) is 2. The van der Waals surface area contributed by atoms with Crippen LogP contribution in [0.5, 0.6) is 0 Å². The Balaban J connectivity index is 1.48. The molecule has 0 unspecified atom stereocenters. The van der Waals surface area contributed by atoms with Crippen LogP contribution in [-0.2, 0) is 0 Å². The summed E-state index contributed by atoms with van der Waals surface area (Å²) in [5, 5.41) is 24.1. The van der Waals surface area contributed by atoms with Crippen molar-refractivity contribution in [3.63, 3.8) is 0 Å². The van der Waals surface area contributed by atoms with Gasteiger partial charge in [-0.3, -0.25) is 0 Å². The Bertz CT molecular complexity index is 1140. The molecular weight excluding hydrogens is 456 g/mol. The number of anilines is 2. The first-order chi connectivity index (χ1) is 15.5. The lowest BCUT2D eigenvalue weighted by molar-refractivity contribution is 0.378. The number of rotatable bonds is 4. The van der Waals surface area contributed by atoms with E-state index >= 15 is 0 Å². The van der Waals surface area contributed by atoms with Crippen LogP contribution in [0.2, 0.25) is 10.0 Å². The molecule has 0 saturated carbocycles. The van der Waals surface area contributed by atoms with E-state index in [1.165, 1.54) is 12.1 Å². The van der Waals surface area contributed by atoms with Crippen LogP contribution >= 0.6 is 23.2 Å². The van der Waals surface area contributed by atoms with E-state index in [2.05, 4.69) is 35.9 Å². The van der Waals surface area contributed by atoms with Crippen LogP contribution in [0.15, 0.2) is 22.6 Å². The molecule has 2 aliphatic heterocycles. The largest absolute Gasteiger partial charge is 0.419 e. The molecule has 168 valence electrons. The molecular formula is C21H22Cl2FN7O. The van der Waals surface area contributed by atoms with Crippen molar-refractivity contribution < 1.29 is 8.81 Å². The van der Waals surface area contributed by atoms with E-state index in [1.54, 1.807) is 0 Å². The summed E-state index contributed by atoms with van der Waals surface area (Å²) in [6, 6.07) is 4.35. The van der Waals surface area contributed by atoms with Crippen LogP contribution < -0.4 is 15.5 Å². The predicted octanol–water partition coefficient (Wildman–Crippen LogP) is 4.43. The smallest absolute Gasteiger partial charge is 0.268 e. The minimum atomic E-state index is -0.502. The Kier molecular flexibility index (Phi) is 5.88. The lowest BCUT2D eigenvalue weighted by Gasteiger charge is -2.36. The highest BCUT2D eigenvalue weighted by Crippen LogP contribution is 2.40. The highest BCUT2D eigenvalue weighted by atomic mass is 35.5. The predicted molar refractivity (Wildman–Crippen MR) is 121 cm³/mol. The molecule has 1 saturated heterocycles. The number of benzene rings is 1. The molecule has 2 N–H and O–H groups in total. The number of piperidine rings is 1. The second kappa shape index (κ2) is 8.80. The van der Waals surface area contributed by atoms with Crippen LogP contribution in [0.25, 0.3) is 11.6 Å². The van der Waals surface area contributed by atoms with Gasteiger partial charge < -0.3 is 20.0 Å². The molecule has 2 aliphatic rings. The van der Waals surface area contributed by atoms with E-state index in [4.69, 9.17) is 27.6 Å². The summed E-state index contributed by atoms with van der Waals surface area (Å²) in [5.74, 6) is 1.32. The molecule has 0 bridgehead atoms. The van der Waals surface area contributed by atoms with Gasteiger partial charge in [0.1, 0.15) is 5.82 Å². The average molecular weight is 478 g/mol. The molecule has 0 spiro atoms. The molecule has 0 amide bonds. The summed E-state index contributed by atoms with van der Waals surface area (Å²) in [6.45, 7) is 5.10. The van der Waals surface area contributed by atoms with E-state index in [0.717, 1.165) is 31.6 Å². The molecule has 11 heteroatoms. The van der Waals surface area contributed by atoms with Gasteiger partial charge in [0.15, 0.2) is 11.5 Å². The number of nitrogens with zero attached hydrogens (tertiary/aromatic N) is 5. The highest BCUT2D eigenvalue weighted by molar-refractivity contribution is 6.36. The third-order valence-corrected chi connectivity index (χ3v) is 6.75. The molecule has 5 rings (SSSR count). The maximum Gasteiger partial charge on any atom is 0.268 e. The van der Waals surface area contributed by atoms with E-state index in [9.17, 15) is 4.39 Å². The van der Waals surface area contributed by atoms with Gasteiger partial charge in [0.05, 0.1) is 16.8 Å². The zero-order valence-corrected chi connectivity index (χ0v) is 18.9. The molecule has 2 aromatic heterocycles. The molecule has 1 fully saturated rings. The first kappa shape index (κ1) is 21.4. The second-order valence-electron chi connectivity index (χ2n) is 7.99. The molecule has 3 aromatic rings. The van der Waals surface area contributed by atoms with Crippen LogP contribution in [0.1, 0.15) is 43.2 Å². The Morgan fingerprint density at radius 3 is 2.75 bits per heavy atom. The fourth-order valence-electron chi connectivity index (χ4n) is 4.30. The van der Waals surface area contributed by atoms with Crippen LogP contribution in [0.4, 0.5) is 15.9 Å². The van der Waals surface area contributed by atoms with E-state index in [0.29, 0.717) is 47.0 Å². The molecule has 0 aliphatic carbocycles. The van der Waals surface area contributed by atoms with Gasteiger partial charge in [-0.1, -0.05) is 23.2 Å². The molecule has 1 atom stereocenters. The maximum atomic E-state index is 14.1. The topological polar surface area (TPSA) is 92.0 Å². The maximum absolute atomic E-state index is 14.1. The molecule has 32 heavy (non-hydrogen) atoms. The summed E-state index contributed by atoms with van der Waals surface area (Å²) >= 11 is 12.7. The third kappa shape index (κ3) is 3.89. The summed E-state index contributed by atoms with van der Waals surface area (Å²) in [7, 11) is 0. The Labute approximate surface area is 194 Å². The van der Waals surface area contributed by atoms with Crippen molar-refractivity contribution in [1.82, 2.24) is 25.7 Å². The number of fused-ring (bicyclic) bond motifs is 1. The SMILES string of the molecule is C[C@H](c1c(Cl)ccc(F)c1Cl)N1CCNc2nnc(-c3nnc(C4CCNCC4)o3)cc21. The molecule has 0 radical (unpaired) electrons. The van der Waals surface area contributed by atoms with E-state index in [-0.39, 0.29) is 17.0 Å². The van der Waals surface area contributed by atoms with Crippen molar-refractivity contribution in [2.45, 2.75) is 31.7 Å². The number of halogens is 3. The highest BCUT2D eigenvalue weighted by Gasteiger charge is 2.29. The van der Waals surface area contributed by atoms with Crippen molar-refractivity contribution in [3.8, 4) is 11.6 Å². The summed E-state index contributed by atoms with van der Waals surface area (Å²) in [5.41, 5.74) is 1.80. The van der Waals surface area contributed by atoms with Crippen molar-refractivity contribution in [3.05, 3.63) is 45.5 Å². The molecule has 4 heterocycles. The van der Waals surface area contributed by atoms with Crippen LogP contribution in [-0.4, -0.2) is 46.6 Å². The van der Waals surface area contributed by atoms with Crippen LogP contribution in [0, 0.1) is 5.82 Å². The average Bonchev–Trinajstić information content (AvgIpc) is 3.32. The van der Waals surface area contributed by atoms with Gasteiger partial charge in [0.25, 0.3) is 5.89 Å². The molecule has 8 nitrogen and oxygen atoms in total. The van der Waals surface area contributed by atoms with Crippen molar-refractivity contribution in [1.29, 1.82) is 0 Å². The minimum Gasteiger partial charge on any atom is -0.419 e. The number of hydrogen-bond acceptors (Lipinski definition) is 8. The zero-order chi connectivity index (χ0) is 22.2. The van der Waals surface area contributed by atoms with Gasteiger partial charge in [-0.2, -0.15) is 0 Å². The lowest BCUT2D eigenvalue weighted by atomic mass is 9.98. The van der Waals surface area contributed by atoms with E-state index < -0.39 is 5.82 Å². The van der Waals surface area contributed by atoms with Gasteiger partial charge in [-0.25, -0.2) is 4.39 Å². The summed E-state index contributed by atoms with van der Waals surface area (Å²) in [4.78, 5) is 2.07. The quantitative estimate of drug-likeness (QED) is 0.533. The standard InChI is InChI=1S/C21H22Cl2FN7O/c1-11(17-13(22)2-3-14(24)18(17)23)31-9-8-26-19-16(31)10-15(27-28-19)21-30-29-20(32-21)12-4-6-25-7-5-12/h2-3,10-12,25H,4-9H2,1H3,(H,26,28)/t11-/m1/s1. The number of hydrogen-bond donors (Lipinski definition) is 2. The molecule has 1 aromatic carbocycles. The van der Waals surface area contributed by atoms with Gasteiger partial charge >= 0.3 is 0 Å². The monoisotopic (exact) mass is 477 g/mol. The van der Waals surface area contributed by atoms with Crippen molar-refractivity contribution in [2.24, 2.45) is 0 Å². The van der Waals surface area contributed by atoms with Crippen molar-refractivity contribution >= 4 is 34.7 Å². The van der Waals surface area contributed by atoms with Gasteiger partial charge in [-0.05, 0) is 51.1 Å². The minimum absolute atomic E-state index is 0.0239. The summed E-state index contributed by atoms with van der Waals surface area (Å²) < 4.78 is 20.1. The van der Waals surface area contributed by atoms with Gasteiger partial charge in [0.2, 0.25) is 5.89 Å². The fraction of sp³-hybridized carbons (Fsp3) is 0.429. The summed E-state index contributed by atoms with van der Waals surface area (Å²) in [6.07, 6.45) is 1.92. The van der Waals surface area contributed by atoms with Gasteiger partial charge in [0, 0.05) is 29.6 Å². The third-order valence-electron chi connectivity index (χ3n) is 6.04. The van der Waals surface area contributed by atoms with Crippen molar-refractivity contribution in [2.75, 3.05) is 36.4 Å². The van der Waals surface area contributed by atoms with Crippen LogP contribution in [0.3, 0.4) is 0 Å². The number of aromatic nitrogens is 4. The first-order valence-corrected chi connectivity index (χ1v) is 11.3. The zero-order valence-electron chi connectivity index (χ0n) is 17.4. The Hall–Kier alpha value is -2.49. The first-order valence-electron chi connectivity index (χ1n) is 10.6. The second-order valence-corrected chi connectivity index (χ2v) is 8.77. The normalized spacial score (nSPS) is 17.7. The van der Waals surface area contributed by atoms with E-state index in [1.807, 2.05) is 13.0 Å². The lowest BCUT2D eigenvalue weighted by Crippen LogP contribution is -2.37. The van der Waals surface area contributed by atoms with Gasteiger partial charge in [-0.15, -0.1) is 20.4 Å². The Morgan fingerprint density at radius 1 is 1.12 bits per heavy atom. The fourth-order valence-corrected chi connectivity index (χ4v) is 4.99. The Morgan fingerprint density at radius 2 is 1.94 bits per heavy atom.